The minimum atomic E-state index is -0.181. The third-order valence-corrected chi connectivity index (χ3v) is 4.53. The minimum absolute atomic E-state index is 0.00726. The molecule has 2 aromatic carbocycles. The first-order valence-electron chi connectivity index (χ1n) is 8.85. The van der Waals surface area contributed by atoms with Crippen LogP contribution in [0.3, 0.4) is 0 Å². The molecular formula is C21H24N2O4. The molecule has 0 saturated carbocycles. The molecule has 1 aliphatic rings. The molecule has 6 nitrogen and oxygen atoms in total. The summed E-state index contributed by atoms with van der Waals surface area (Å²) in [5, 5.41) is 4.22. The Kier molecular flexibility index (Phi) is 5.96. The molecule has 1 unspecified atom stereocenters. The van der Waals surface area contributed by atoms with Crippen LogP contribution in [0.1, 0.15) is 24.5 Å². The van der Waals surface area contributed by atoms with Gasteiger partial charge < -0.3 is 19.2 Å². The highest BCUT2D eigenvalue weighted by atomic mass is 16.6. The molecule has 0 saturated heterocycles. The Morgan fingerprint density at radius 2 is 2.00 bits per heavy atom. The lowest BCUT2D eigenvalue weighted by atomic mass is 10.0. The standard InChI is InChI=1S/C21H24N2O4/c1-15(24)23(13-16-7-6-8-17(11-16)25-2)14-18-12-20(22-27-18)19-9-4-5-10-21(19)26-3/h4-11,18H,12-14H2,1-3H3. The number of nitrogens with zero attached hydrogens (tertiary/aromatic N) is 2. The molecule has 0 N–H and O–H groups in total. The van der Waals surface area contributed by atoms with Crippen LogP contribution in [0, 0.1) is 0 Å². The summed E-state index contributed by atoms with van der Waals surface area (Å²) in [7, 11) is 3.27. The molecule has 1 amide bonds. The molecule has 142 valence electrons. The van der Waals surface area contributed by atoms with E-state index in [9.17, 15) is 4.79 Å². The molecular weight excluding hydrogens is 344 g/mol. The van der Waals surface area contributed by atoms with Gasteiger partial charge in [0, 0.05) is 25.5 Å². The predicted molar refractivity (Wildman–Crippen MR) is 103 cm³/mol. The van der Waals surface area contributed by atoms with Crippen LogP contribution in [-0.4, -0.2) is 43.4 Å². The van der Waals surface area contributed by atoms with Crippen molar-refractivity contribution >= 4 is 11.6 Å². The van der Waals surface area contributed by atoms with Gasteiger partial charge in [-0.15, -0.1) is 0 Å². The van der Waals surface area contributed by atoms with E-state index in [1.54, 1.807) is 26.0 Å². The summed E-state index contributed by atoms with van der Waals surface area (Å²) in [6, 6.07) is 15.4. The van der Waals surface area contributed by atoms with Gasteiger partial charge in [-0.25, -0.2) is 0 Å². The molecule has 0 aliphatic carbocycles. The molecule has 1 atom stereocenters. The highest BCUT2D eigenvalue weighted by Crippen LogP contribution is 2.25. The summed E-state index contributed by atoms with van der Waals surface area (Å²) in [5.74, 6) is 1.53. The second-order valence-corrected chi connectivity index (χ2v) is 6.42. The van der Waals surface area contributed by atoms with Crippen molar-refractivity contribution in [3.05, 3.63) is 59.7 Å². The number of benzene rings is 2. The van der Waals surface area contributed by atoms with Gasteiger partial charge in [-0.2, -0.15) is 0 Å². The second-order valence-electron chi connectivity index (χ2n) is 6.42. The maximum Gasteiger partial charge on any atom is 0.219 e. The number of carbonyl (C=O) groups excluding carboxylic acids is 1. The van der Waals surface area contributed by atoms with Crippen molar-refractivity contribution in [1.82, 2.24) is 4.90 Å². The van der Waals surface area contributed by atoms with Crippen molar-refractivity contribution in [2.24, 2.45) is 5.16 Å². The van der Waals surface area contributed by atoms with Gasteiger partial charge >= 0.3 is 0 Å². The van der Waals surface area contributed by atoms with E-state index in [0.717, 1.165) is 28.3 Å². The SMILES string of the molecule is COc1cccc(CN(CC2CC(c3ccccc3OC)=NO2)C(C)=O)c1. The average molecular weight is 368 g/mol. The van der Waals surface area contributed by atoms with E-state index in [0.29, 0.717) is 19.5 Å². The van der Waals surface area contributed by atoms with Crippen LogP contribution in [0.25, 0.3) is 0 Å². The number of hydrogen-bond acceptors (Lipinski definition) is 5. The zero-order valence-electron chi connectivity index (χ0n) is 15.8. The number of para-hydroxylation sites is 1. The van der Waals surface area contributed by atoms with Crippen LogP contribution >= 0.6 is 0 Å². The average Bonchev–Trinajstić information content (AvgIpc) is 3.16. The van der Waals surface area contributed by atoms with Gasteiger partial charge in [0.05, 0.1) is 26.5 Å². The molecule has 0 spiro atoms. The van der Waals surface area contributed by atoms with E-state index in [4.69, 9.17) is 14.3 Å². The fourth-order valence-corrected chi connectivity index (χ4v) is 3.11. The smallest absolute Gasteiger partial charge is 0.219 e. The molecule has 27 heavy (non-hydrogen) atoms. The first kappa shape index (κ1) is 18.8. The first-order chi connectivity index (χ1) is 13.1. The molecule has 3 rings (SSSR count). The van der Waals surface area contributed by atoms with Crippen molar-refractivity contribution in [2.45, 2.75) is 26.0 Å². The lowest BCUT2D eigenvalue weighted by Gasteiger charge is -2.23. The van der Waals surface area contributed by atoms with Gasteiger partial charge in [0.25, 0.3) is 0 Å². The summed E-state index contributed by atoms with van der Waals surface area (Å²) in [6.45, 7) is 2.53. The third kappa shape index (κ3) is 4.58. The Balaban J connectivity index is 1.65. The van der Waals surface area contributed by atoms with E-state index in [-0.39, 0.29) is 12.0 Å². The third-order valence-electron chi connectivity index (χ3n) is 4.53. The first-order valence-corrected chi connectivity index (χ1v) is 8.85. The van der Waals surface area contributed by atoms with Crippen LogP contribution in [0.15, 0.2) is 53.7 Å². The summed E-state index contributed by atoms with van der Waals surface area (Å²) >= 11 is 0. The van der Waals surface area contributed by atoms with Crippen molar-refractivity contribution in [2.75, 3.05) is 20.8 Å². The fourth-order valence-electron chi connectivity index (χ4n) is 3.11. The highest BCUT2D eigenvalue weighted by Gasteiger charge is 2.27. The quantitative estimate of drug-likeness (QED) is 0.753. The number of carbonyl (C=O) groups is 1. The number of ether oxygens (including phenoxy) is 2. The van der Waals surface area contributed by atoms with E-state index < -0.39 is 0 Å². The lowest BCUT2D eigenvalue weighted by Crippen LogP contribution is -2.35. The lowest BCUT2D eigenvalue weighted by molar-refractivity contribution is -0.131. The number of methoxy groups -OCH3 is 2. The molecule has 1 aliphatic heterocycles. The zero-order valence-corrected chi connectivity index (χ0v) is 15.8. The molecule has 2 aromatic rings. The molecule has 0 aromatic heterocycles. The fraction of sp³-hybridized carbons (Fsp3) is 0.333. The van der Waals surface area contributed by atoms with Crippen LogP contribution < -0.4 is 9.47 Å². The van der Waals surface area contributed by atoms with Crippen molar-refractivity contribution < 1.29 is 19.1 Å². The van der Waals surface area contributed by atoms with E-state index >= 15 is 0 Å². The second kappa shape index (κ2) is 8.58. The monoisotopic (exact) mass is 368 g/mol. The van der Waals surface area contributed by atoms with Gasteiger partial charge in [0.2, 0.25) is 5.91 Å². The predicted octanol–water partition coefficient (Wildman–Crippen LogP) is 3.25. The summed E-state index contributed by atoms with van der Waals surface area (Å²) in [6.07, 6.45) is 0.446. The van der Waals surface area contributed by atoms with Crippen molar-refractivity contribution in [1.29, 1.82) is 0 Å². The summed E-state index contributed by atoms with van der Waals surface area (Å²) in [4.78, 5) is 19.5. The minimum Gasteiger partial charge on any atom is -0.497 e. The largest absolute Gasteiger partial charge is 0.497 e. The van der Waals surface area contributed by atoms with Crippen LogP contribution in [0.5, 0.6) is 11.5 Å². The Labute approximate surface area is 159 Å². The molecule has 0 radical (unpaired) electrons. The van der Waals surface area contributed by atoms with E-state index in [1.165, 1.54) is 0 Å². The molecule has 0 fully saturated rings. The highest BCUT2D eigenvalue weighted by molar-refractivity contribution is 6.03. The van der Waals surface area contributed by atoms with E-state index in [1.807, 2.05) is 48.5 Å². The van der Waals surface area contributed by atoms with Gasteiger partial charge in [-0.1, -0.05) is 29.4 Å². The van der Waals surface area contributed by atoms with Gasteiger partial charge in [0.1, 0.15) is 11.5 Å². The van der Waals surface area contributed by atoms with Crippen LogP contribution in [-0.2, 0) is 16.2 Å². The number of hydrogen-bond donors (Lipinski definition) is 0. The maximum atomic E-state index is 12.1. The molecule has 0 bridgehead atoms. The van der Waals surface area contributed by atoms with E-state index in [2.05, 4.69) is 5.16 Å². The molecule has 6 heteroatoms. The van der Waals surface area contributed by atoms with Crippen LogP contribution in [0.4, 0.5) is 0 Å². The van der Waals surface area contributed by atoms with Gasteiger partial charge in [-0.3, -0.25) is 4.79 Å². The molecule has 1 heterocycles. The zero-order chi connectivity index (χ0) is 19.2. The van der Waals surface area contributed by atoms with Crippen molar-refractivity contribution in [3.8, 4) is 11.5 Å². The van der Waals surface area contributed by atoms with Gasteiger partial charge in [0.15, 0.2) is 6.10 Å². The maximum absolute atomic E-state index is 12.1. The van der Waals surface area contributed by atoms with Crippen molar-refractivity contribution in [3.63, 3.8) is 0 Å². The van der Waals surface area contributed by atoms with Gasteiger partial charge in [-0.05, 0) is 29.8 Å². The summed E-state index contributed by atoms with van der Waals surface area (Å²) < 4.78 is 10.7. The summed E-state index contributed by atoms with van der Waals surface area (Å²) in [5.41, 5.74) is 2.76. The topological polar surface area (TPSA) is 60.4 Å². The Hall–Kier alpha value is -3.02. The number of oxime groups is 1. The van der Waals surface area contributed by atoms with Crippen LogP contribution in [0.2, 0.25) is 0 Å². The normalized spacial score (nSPS) is 15.7. The number of amides is 1. The number of rotatable bonds is 7. The Morgan fingerprint density at radius 3 is 2.74 bits per heavy atom. The Bertz CT molecular complexity index is 834. The Morgan fingerprint density at radius 1 is 1.19 bits per heavy atom.